The second-order valence-corrected chi connectivity index (χ2v) is 9.16. The van der Waals surface area contributed by atoms with Gasteiger partial charge in [0.15, 0.2) is 0 Å². The lowest BCUT2D eigenvalue weighted by Gasteiger charge is -2.26. The van der Waals surface area contributed by atoms with Gasteiger partial charge in [0.2, 0.25) is 10.0 Å². The molecule has 0 spiro atoms. The summed E-state index contributed by atoms with van der Waals surface area (Å²) in [5.74, 6) is -0.110. The summed E-state index contributed by atoms with van der Waals surface area (Å²) in [5, 5.41) is 2.76. The summed E-state index contributed by atoms with van der Waals surface area (Å²) in [6.07, 6.45) is 0. The fraction of sp³-hybridized carbons (Fsp3) is 0.263. The van der Waals surface area contributed by atoms with Gasteiger partial charge in [-0.25, -0.2) is 13.4 Å². The second-order valence-electron chi connectivity index (χ2n) is 6.37. The topological polar surface area (TPSA) is 97.8 Å². The van der Waals surface area contributed by atoms with E-state index in [9.17, 15) is 13.2 Å². The smallest absolute Gasteiger partial charge is 0.255 e. The largest absolute Gasteiger partial charge is 0.495 e. The van der Waals surface area contributed by atoms with Gasteiger partial charge in [-0.3, -0.25) is 4.79 Å². The summed E-state index contributed by atoms with van der Waals surface area (Å²) >= 11 is 1.45. The molecule has 1 aromatic heterocycles. The Morgan fingerprint density at radius 1 is 1.21 bits per heavy atom. The normalized spacial score (nSPS) is 15.3. The number of methoxy groups -OCH3 is 1. The molecule has 0 unspecified atom stereocenters. The molecular formula is C19H19N3O5S2. The van der Waals surface area contributed by atoms with Crippen LogP contribution >= 0.6 is 11.3 Å². The van der Waals surface area contributed by atoms with Gasteiger partial charge in [0, 0.05) is 24.3 Å². The minimum atomic E-state index is -3.78. The first kappa shape index (κ1) is 19.8. The molecule has 0 aliphatic carbocycles. The summed E-state index contributed by atoms with van der Waals surface area (Å²) in [4.78, 5) is 16.9. The number of nitrogens with one attached hydrogen (secondary N) is 1. The number of carbonyl (C=O) groups excluding carboxylic acids is 1. The van der Waals surface area contributed by atoms with E-state index in [1.54, 1.807) is 29.8 Å². The van der Waals surface area contributed by atoms with Crippen molar-refractivity contribution in [2.24, 2.45) is 0 Å². The Morgan fingerprint density at radius 3 is 2.76 bits per heavy atom. The molecule has 2 heterocycles. The minimum Gasteiger partial charge on any atom is -0.495 e. The number of hydrogen-bond acceptors (Lipinski definition) is 7. The number of morpholine rings is 1. The molecule has 1 aliphatic heterocycles. The molecule has 0 bridgehead atoms. The number of sulfonamides is 1. The Bertz CT molecular complexity index is 1150. The van der Waals surface area contributed by atoms with Crippen LogP contribution in [0.2, 0.25) is 0 Å². The summed E-state index contributed by atoms with van der Waals surface area (Å²) in [5.41, 5.74) is 3.38. The van der Waals surface area contributed by atoms with Crippen LogP contribution in [0, 0.1) is 0 Å². The molecule has 29 heavy (non-hydrogen) atoms. The summed E-state index contributed by atoms with van der Waals surface area (Å²) in [6.45, 7) is 1.24. The van der Waals surface area contributed by atoms with E-state index in [4.69, 9.17) is 9.47 Å². The molecule has 1 amide bonds. The van der Waals surface area contributed by atoms with E-state index >= 15 is 0 Å². The van der Waals surface area contributed by atoms with Gasteiger partial charge in [-0.15, -0.1) is 11.3 Å². The molecular weight excluding hydrogens is 414 g/mol. The molecule has 1 saturated heterocycles. The number of fused-ring (bicyclic) bond motifs is 1. The lowest BCUT2D eigenvalue weighted by Crippen LogP contribution is -2.40. The van der Waals surface area contributed by atoms with Crippen LogP contribution in [-0.4, -0.2) is 57.0 Å². The second kappa shape index (κ2) is 8.07. The number of ether oxygens (including phenoxy) is 2. The van der Waals surface area contributed by atoms with E-state index in [1.165, 1.54) is 34.9 Å². The Balaban J connectivity index is 1.62. The van der Waals surface area contributed by atoms with Crippen molar-refractivity contribution >= 4 is 43.2 Å². The molecule has 1 N–H and O–H groups in total. The van der Waals surface area contributed by atoms with E-state index in [-0.39, 0.29) is 29.6 Å². The molecule has 0 radical (unpaired) electrons. The van der Waals surface area contributed by atoms with E-state index in [0.29, 0.717) is 24.5 Å². The third kappa shape index (κ3) is 3.97. The van der Waals surface area contributed by atoms with Crippen molar-refractivity contribution in [1.29, 1.82) is 0 Å². The Morgan fingerprint density at radius 2 is 2.00 bits per heavy atom. The minimum absolute atomic E-state index is 0.0117. The number of anilines is 1. The predicted octanol–water partition coefficient (Wildman–Crippen LogP) is 2.58. The zero-order valence-corrected chi connectivity index (χ0v) is 17.3. The zero-order valence-electron chi connectivity index (χ0n) is 15.6. The van der Waals surface area contributed by atoms with Gasteiger partial charge >= 0.3 is 0 Å². The summed E-state index contributed by atoms with van der Waals surface area (Å²) in [7, 11) is -2.37. The fourth-order valence-electron chi connectivity index (χ4n) is 3.08. The molecule has 0 saturated carbocycles. The SMILES string of the molecule is COc1ccc(NC(=O)c2ccc3ncsc3c2)cc1S(=O)(=O)N1CCOCC1. The number of nitrogens with zero attached hydrogens (tertiary/aromatic N) is 2. The van der Waals surface area contributed by atoms with Gasteiger partial charge in [0.1, 0.15) is 10.6 Å². The van der Waals surface area contributed by atoms with Gasteiger partial charge in [-0.05, 0) is 36.4 Å². The number of rotatable bonds is 5. The molecule has 3 aromatic rings. The number of amides is 1. The van der Waals surface area contributed by atoms with E-state index < -0.39 is 10.0 Å². The van der Waals surface area contributed by atoms with Crippen LogP contribution in [0.25, 0.3) is 10.2 Å². The molecule has 2 aromatic carbocycles. The van der Waals surface area contributed by atoms with Crippen LogP contribution in [0.1, 0.15) is 10.4 Å². The van der Waals surface area contributed by atoms with Crippen molar-refractivity contribution in [3.63, 3.8) is 0 Å². The fourth-order valence-corrected chi connectivity index (χ4v) is 5.39. The Hall–Kier alpha value is -2.53. The number of thiazole rings is 1. The third-order valence-electron chi connectivity index (χ3n) is 4.60. The van der Waals surface area contributed by atoms with Crippen LogP contribution in [0.4, 0.5) is 5.69 Å². The highest BCUT2D eigenvalue weighted by atomic mass is 32.2. The van der Waals surface area contributed by atoms with E-state index in [0.717, 1.165) is 10.2 Å². The number of benzene rings is 2. The lowest BCUT2D eigenvalue weighted by molar-refractivity contribution is 0.0729. The summed E-state index contributed by atoms with van der Waals surface area (Å²) < 4.78 is 38.9. The highest BCUT2D eigenvalue weighted by Gasteiger charge is 2.29. The van der Waals surface area contributed by atoms with Gasteiger partial charge in [0.05, 0.1) is 36.1 Å². The molecule has 1 aliphatic rings. The van der Waals surface area contributed by atoms with Crippen molar-refractivity contribution in [1.82, 2.24) is 9.29 Å². The van der Waals surface area contributed by atoms with Crippen LogP contribution < -0.4 is 10.1 Å². The molecule has 0 atom stereocenters. The lowest BCUT2D eigenvalue weighted by atomic mass is 10.2. The van der Waals surface area contributed by atoms with Crippen molar-refractivity contribution in [2.75, 3.05) is 38.7 Å². The molecule has 4 rings (SSSR count). The first-order valence-electron chi connectivity index (χ1n) is 8.89. The monoisotopic (exact) mass is 433 g/mol. The Labute approximate surface area is 172 Å². The van der Waals surface area contributed by atoms with Crippen LogP contribution in [-0.2, 0) is 14.8 Å². The highest BCUT2D eigenvalue weighted by Crippen LogP contribution is 2.30. The first-order valence-corrected chi connectivity index (χ1v) is 11.2. The van der Waals surface area contributed by atoms with Gasteiger partial charge in [0.25, 0.3) is 5.91 Å². The summed E-state index contributed by atoms with van der Waals surface area (Å²) in [6, 6.07) is 9.80. The van der Waals surface area contributed by atoms with Crippen molar-refractivity contribution < 1.29 is 22.7 Å². The van der Waals surface area contributed by atoms with Crippen molar-refractivity contribution in [3.05, 3.63) is 47.5 Å². The average molecular weight is 434 g/mol. The van der Waals surface area contributed by atoms with E-state index in [1.807, 2.05) is 0 Å². The standard InChI is InChI=1S/C19H19N3O5S2/c1-26-16-5-3-14(11-18(16)29(24,25)22-6-8-27-9-7-22)21-19(23)13-2-4-15-17(10-13)28-12-20-15/h2-5,10-12H,6-9H2,1H3,(H,21,23). The Kier molecular flexibility index (Phi) is 5.50. The van der Waals surface area contributed by atoms with Crippen LogP contribution in [0.3, 0.4) is 0 Å². The molecule has 1 fully saturated rings. The van der Waals surface area contributed by atoms with Gasteiger partial charge < -0.3 is 14.8 Å². The third-order valence-corrected chi connectivity index (χ3v) is 7.31. The quantitative estimate of drug-likeness (QED) is 0.664. The van der Waals surface area contributed by atoms with Gasteiger partial charge in [-0.2, -0.15) is 4.31 Å². The number of hydrogen-bond donors (Lipinski definition) is 1. The highest BCUT2D eigenvalue weighted by molar-refractivity contribution is 7.89. The number of carbonyl (C=O) groups is 1. The van der Waals surface area contributed by atoms with Crippen molar-refractivity contribution in [2.45, 2.75) is 4.90 Å². The molecule has 152 valence electrons. The zero-order chi connectivity index (χ0) is 20.4. The maximum absolute atomic E-state index is 13.1. The maximum Gasteiger partial charge on any atom is 0.255 e. The van der Waals surface area contributed by atoms with Crippen LogP contribution in [0.5, 0.6) is 5.75 Å². The van der Waals surface area contributed by atoms with Crippen LogP contribution in [0.15, 0.2) is 46.8 Å². The average Bonchev–Trinajstić information content (AvgIpc) is 3.22. The maximum atomic E-state index is 13.1. The van der Waals surface area contributed by atoms with Crippen molar-refractivity contribution in [3.8, 4) is 5.75 Å². The number of aromatic nitrogens is 1. The van der Waals surface area contributed by atoms with Gasteiger partial charge in [-0.1, -0.05) is 0 Å². The molecule has 8 nitrogen and oxygen atoms in total. The molecule has 10 heteroatoms. The first-order chi connectivity index (χ1) is 14.0. The van der Waals surface area contributed by atoms with E-state index in [2.05, 4.69) is 10.3 Å². The predicted molar refractivity (Wildman–Crippen MR) is 110 cm³/mol.